The number of aromatic nitrogens is 2. The van der Waals surface area contributed by atoms with Gasteiger partial charge in [0.15, 0.2) is 6.23 Å². The molecule has 0 spiro atoms. The van der Waals surface area contributed by atoms with Crippen molar-refractivity contribution in [2.24, 2.45) is 0 Å². The molecule has 0 radical (unpaired) electrons. The SMILES string of the molecule is COC(=O)c1cncnc1N[C@@H]1O[C@H](CO)[C@@H](O)[C@H]1O. The molecule has 1 aliphatic rings. The molecule has 1 aromatic rings. The number of aliphatic hydroxyl groups is 3. The second-order valence-electron chi connectivity index (χ2n) is 4.18. The summed E-state index contributed by atoms with van der Waals surface area (Å²) < 4.78 is 9.81. The Hall–Kier alpha value is -1.81. The van der Waals surface area contributed by atoms with E-state index >= 15 is 0 Å². The molecule has 0 bridgehead atoms. The highest BCUT2D eigenvalue weighted by molar-refractivity contribution is 5.94. The van der Waals surface area contributed by atoms with E-state index in [1.807, 2.05) is 0 Å². The molecule has 110 valence electrons. The van der Waals surface area contributed by atoms with Crippen LogP contribution in [0.5, 0.6) is 0 Å². The number of aliphatic hydroxyl groups excluding tert-OH is 3. The van der Waals surface area contributed by atoms with E-state index in [0.717, 1.165) is 0 Å². The number of nitrogens with zero attached hydrogens (tertiary/aromatic N) is 2. The van der Waals surface area contributed by atoms with Gasteiger partial charge >= 0.3 is 5.97 Å². The summed E-state index contributed by atoms with van der Waals surface area (Å²) in [5.41, 5.74) is 0.0627. The minimum absolute atomic E-state index is 0.0627. The van der Waals surface area contributed by atoms with Crippen LogP contribution >= 0.6 is 0 Å². The van der Waals surface area contributed by atoms with Crippen LogP contribution in [0.15, 0.2) is 12.5 Å². The molecule has 1 saturated heterocycles. The summed E-state index contributed by atoms with van der Waals surface area (Å²) in [7, 11) is 1.21. The van der Waals surface area contributed by atoms with Gasteiger partial charge in [0.05, 0.1) is 13.7 Å². The Balaban J connectivity index is 2.17. The maximum Gasteiger partial charge on any atom is 0.343 e. The zero-order valence-corrected chi connectivity index (χ0v) is 10.6. The predicted octanol–water partition coefficient (Wildman–Crippen LogP) is -1.89. The van der Waals surface area contributed by atoms with Crippen molar-refractivity contribution in [3.8, 4) is 0 Å². The van der Waals surface area contributed by atoms with Gasteiger partial charge < -0.3 is 30.1 Å². The topological polar surface area (TPSA) is 134 Å². The maximum absolute atomic E-state index is 11.5. The third-order valence-electron chi connectivity index (χ3n) is 2.94. The van der Waals surface area contributed by atoms with Crippen LogP contribution in [0.25, 0.3) is 0 Å². The molecule has 0 aliphatic carbocycles. The Kier molecular flexibility index (Phi) is 4.45. The first kappa shape index (κ1) is 14.6. The fourth-order valence-electron chi connectivity index (χ4n) is 1.86. The summed E-state index contributed by atoms with van der Waals surface area (Å²) >= 11 is 0. The van der Waals surface area contributed by atoms with Crippen molar-refractivity contribution in [1.29, 1.82) is 0 Å². The summed E-state index contributed by atoms with van der Waals surface area (Å²) in [6.45, 7) is -0.440. The minimum Gasteiger partial charge on any atom is -0.465 e. The van der Waals surface area contributed by atoms with E-state index in [4.69, 9.17) is 9.84 Å². The van der Waals surface area contributed by atoms with Crippen molar-refractivity contribution < 1.29 is 29.6 Å². The molecule has 0 aromatic carbocycles. The van der Waals surface area contributed by atoms with Crippen LogP contribution in [0, 0.1) is 0 Å². The van der Waals surface area contributed by atoms with Crippen LogP contribution in [-0.2, 0) is 9.47 Å². The molecule has 1 fully saturated rings. The average Bonchev–Trinajstić information content (AvgIpc) is 2.75. The van der Waals surface area contributed by atoms with Gasteiger partial charge in [-0.15, -0.1) is 0 Å². The molecule has 4 N–H and O–H groups in total. The largest absolute Gasteiger partial charge is 0.465 e. The molecular weight excluding hydrogens is 270 g/mol. The zero-order valence-electron chi connectivity index (χ0n) is 10.6. The number of hydrogen-bond donors (Lipinski definition) is 4. The lowest BCUT2D eigenvalue weighted by molar-refractivity contribution is -0.0154. The molecule has 1 aromatic heterocycles. The van der Waals surface area contributed by atoms with E-state index in [2.05, 4.69) is 20.0 Å². The van der Waals surface area contributed by atoms with Crippen LogP contribution in [-0.4, -0.2) is 69.5 Å². The lowest BCUT2D eigenvalue weighted by atomic mass is 10.1. The summed E-state index contributed by atoms with van der Waals surface area (Å²) in [4.78, 5) is 19.1. The van der Waals surface area contributed by atoms with E-state index < -0.39 is 37.1 Å². The Morgan fingerprint density at radius 2 is 2.25 bits per heavy atom. The van der Waals surface area contributed by atoms with Gasteiger partial charge in [-0.1, -0.05) is 0 Å². The van der Waals surface area contributed by atoms with E-state index in [1.165, 1.54) is 19.6 Å². The number of methoxy groups -OCH3 is 1. The molecule has 2 heterocycles. The quantitative estimate of drug-likeness (QED) is 0.468. The highest BCUT2D eigenvalue weighted by Gasteiger charge is 2.42. The van der Waals surface area contributed by atoms with E-state index in [-0.39, 0.29) is 11.4 Å². The van der Waals surface area contributed by atoms with Gasteiger partial charge in [-0.2, -0.15) is 0 Å². The predicted molar refractivity (Wildman–Crippen MR) is 64.8 cm³/mol. The monoisotopic (exact) mass is 285 g/mol. The van der Waals surface area contributed by atoms with Gasteiger partial charge in [0, 0.05) is 6.20 Å². The van der Waals surface area contributed by atoms with Crippen LogP contribution in [0.3, 0.4) is 0 Å². The lowest BCUT2D eigenvalue weighted by Crippen LogP contribution is -2.37. The van der Waals surface area contributed by atoms with Crippen LogP contribution in [0.1, 0.15) is 10.4 Å². The van der Waals surface area contributed by atoms with E-state index in [1.54, 1.807) is 0 Å². The molecule has 20 heavy (non-hydrogen) atoms. The molecule has 9 nitrogen and oxygen atoms in total. The Morgan fingerprint density at radius 3 is 2.85 bits per heavy atom. The van der Waals surface area contributed by atoms with E-state index in [9.17, 15) is 15.0 Å². The summed E-state index contributed by atoms with van der Waals surface area (Å²) in [6, 6.07) is 0. The molecule has 0 saturated carbocycles. The Morgan fingerprint density at radius 1 is 1.50 bits per heavy atom. The fourth-order valence-corrected chi connectivity index (χ4v) is 1.86. The van der Waals surface area contributed by atoms with Crippen molar-refractivity contribution in [3.63, 3.8) is 0 Å². The number of anilines is 1. The molecule has 1 aliphatic heterocycles. The number of nitrogens with one attached hydrogen (secondary N) is 1. The van der Waals surface area contributed by atoms with Crippen LogP contribution in [0.2, 0.25) is 0 Å². The molecule has 0 amide bonds. The fraction of sp³-hybridized carbons (Fsp3) is 0.545. The number of ether oxygens (including phenoxy) is 2. The Labute approximate surface area is 114 Å². The van der Waals surface area contributed by atoms with Crippen LogP contribution < -0.4 is 5.32 Å². The summed E-state index contributed by atoms with van der Waals surface area (Å²) in [5.74, 6) is -0.554. The summed E-state index contributed by atoms with van der Waals surface area (Å²) in [6.07, 6.45) is -1.97. The second kappa shape index (κ2) is 6.09. The zero-order chi connectivity index (χ0) is 14.7. The number of hydrogen-bond acceptors (Lipinski definition) is 9. The van der Waals surface area contributed by atoms with E-state index in [0.29, 0.717) is 0 Å². The van der Waals surface area contributed by atoms with Gasteiger partial charge in [-0.05, 0) is 0 Å². The number of carbonyl (C=O) groups is 1. The van der Waals surface area contributed by atoms with Crippen LogP contribution in [0.4, 0.5) is 5.82 Å². The first-order valence-electron chi connectivity index (χ1n) is 5.85. The number of carbonyl (C=O) groups excluding carboxylic acids is 1. The number of esters is 1. The smallest absolute Gasteiger partial charge is 0.343 e. The maximum atomic E-state index is 11.5. The Bertz CT molecular complexity index is 485. The van der Waals surface area contributed by atoms with Crippen molar-refractivity contribution in [2.75, 3.05) is 19.0 Å². The van der Waals surface area contributed by atoms with Crippen molar-refractivity contribution in [2.45, 2.75) is 24.5 Å². The van der Waals surface area contributed by atoms with Gasteiger partial charge in [0.1, 0.15) is 36.0 Å². The van der Waals surface area contributed by atoms with Gasteiger partial charge in [-0.3, -0.25) is 0 Å². The third kappa shape index (κ3) is 2.70. The van der Waals surface area contributed by atoms with Crippen molar-refractivity contribution in [1.82, 2.24) is 9.97 Å². The average molecular weight is 285 g/mol. The standard InChI is InChI=1S/C11H15N3O6/c1-19-11(18)5-2-12-4-13-9(5)14-10-8(17)7(16)6(3-15)20-10/h2,4,6-8,10,15-17H,3H2,1H3,(H,12,13,14)/t6-,7-,8-,10-/m1/s1. The highest BCUT2D eigenvalue weighted by Crippen LogP contribution is 2.23. The first-order chi connectivity index (χ1) is 9.58. The second-order valence-corrected chi connectivity index (χ2v) is 4.18. The third-order valence-corrected chi connectivity index (χ3v) is 2.94. The minimum atomic E-state index is -1.27. The molecule has 4 atom stereocenters. The molecule has 0 unspecified atom stereocenters. The van der Waals surface area contributed by atoms with Gasteiger partial charge in [-0.25, -0.2) is 14.8 Å². The van der Waals surface area contributed by atoms with Gasteiger partial charge in [0.2, 0.25) is 0 Å². The van der Waals surface area contributed by atoms with Gasteiger partial charge in [0.25, 0.3) is 0 Å². The van der Waals surface area contributed by atoms with Crippen molar-refractivity contribution in [3.05, 3.63) is 18.1 Å². The normalized spacial score (nSPS) is 29.2. The highest BCUT2D eigenvalue weighted by atomic mass is 16.6. The molecule has 2 rings (SSSR count). The van der Waals surface area contributed by atoms with Crippen molar-refractivity contribution >= 4 is 11.8 Å². The first-order valence-corrected chi connectivity index (χ1v) is 5.85. The molecule has 9 heteroatoms. The molecular formula is C11H15N3O6. The summed E-state index contributed by atoms with van der Waals surface area (Å²) in [5, 5.41) is 31.1. The lowest BCUT2D eigenvalue weighted by Gasteiger charge is -2.18. The number of rotatable bonds is 4.